The van der Waals surface area contributed by atoms with E-state index < -0.39 is 26.8 Å². The van der Waals surface area contributed by atoms with Gasteiger partial charge >= 0.3 is 0 Å². The standard InChI is InChI=1S/C31H32FN3O6S/c1-35-26-12-11-23(17-30(36)33-22-14-19-6-2-3-7-20(19)15-22)41-28(26)18-40-27-13-10-21(16-24(27)31(35)37)34-42(38,39)29-9-5-4-8-25(29)32/h2-10,13,16,22-23,26,28,34H,11-12,14-15,17-18H2,1H3,(H,33,36)/t23-,26+,28+/m1/s1. The Balaban J connectivity index is 1.11. The summed E-state index contributed by atoms with van der Waals surface area (Å²) < 4.78 is 54.3. The minimum Gasteiger partial charge on any atom is -0.490 e. The van der Waals surface area contributed by atoms with Gasteiger partial charge in [-0.3, -0.25) is 14.3 Å². The lowest BCUT2D eigenvalue weighted by molar-refractivity contribution is -0.134. The summed E-state index contributed by atoms with van der Waals surface area (Å²) in [7, 11) is -2.54. The lowest BCUT2D eigenvalue weighted by Crippen LogP contribution is -2.54. The summed E-state index contributed by atoms with van der Waals surface area (Å²) in [5.41, 5.74) is 2.84. The van der Waals surface area contributed by atoms with Gasteiger partial charge in [-0.2, -0.15) is 0 Å². The maximum Gasteiger partial charge on any atom is 0.264 e. The first-order valence-corrected chi connectivity index (χ1v) is 15.5. The Kier molecular flexibility index (Phi) is 7.63. The Morgan fingerprint density at radius 2 is 1.74 bits per heavy atom. The van der Waals surface area contributed by atoms with Gasteiger partial charge < -0.3 is 19.7 Å². The Hall–Kier alpha value is -3.96. The highest BCUT2D eigenvalue weighted by Gasteiger charge is 2.39. The zero-order chi connectivity index (χ0) is 29.4. The molecule has 0 spiro atoms. The van der Waals surface area contributed by atoms with Gasteiger partial charge in [0.1, 0.15) is 29.2 Å². The van der Waals surface area contributed by atoms with Crippen molar-refractivity contribution in [3.63, 3.8) is 0 Å². The Bertz CT molecular complexity index is 1610. The summed E-state index contributed by atoms with van der Waals surface area (Å²) in [6.07, 6.45) is 2.37. The number of amides is 2. The van der Waals surface area contributed by atoms with Crippen molar-refractivity contribution >= 4 is 27.5 Å². The van der Waals surface area contributed by atoms with Crippen molar-refractivity contribution in [2.45, 2.75) is 61.3 Å². The number of anilines is 1. The molecular weight excluding hydrogens is 561 g/mol. The molecule has 3 aromatic carbocycles. The lowest BCUT2D eigenvalue weighted by Gasteiger charge is -2.42. The van der Waals surface area contributed by atoms with Crippen LogP contribution in [0.25, 0.3) is 0 Å². The Labute approximate surface area is 244 Å². The number of carbonyl (C=O) groups is 2. The van der Waals surface area contributed by atoms with Crippen molar-refractivity contribution in [3.8, 4) is 5.75 Å². The molecule has 0 saturated carbocycles. The number of nitrogens with zero attached hydrogens (tertiary/aromatic N) is 1. The second-order valence-electron chi connectivity index (χ2n) is 11.1. The Morgan fingerprint density at radius 3 is 2.48 bits per heavy atom. The van der Waals surface area contributed by atoms with Gasteiger partial charge in [0.05, 0.1) is 24.1 Å². The largest absolute Gasteiger partial charge is 0.490 e. The molecule has 1 aliphatic carbocycles. The lowest BCUT2D eigenvalue weighted by atomic mass is 9.94. The maximum absolute atomic E-state index is 14.1. The number of sulfonamides is 1. The van der Waals surface area contributed by atoms with Crippen LogP contribution < -0.4 is 14.8 Å². The van der Waals surface area contributed by atoms with E-state index in [1.54, 1.807) is 11.9 Å². The number of rotatable bonds is 6. The third kappa shape index (κ3) is 5.71. The molecule has 3 atom stereocenters. The van der Waals surface area contributed by atoms with Crippen LogP contribution in [0.3, 0.4) is 0 Å². The number of halogens is 1. The predicted octanol–water partition coefficient (Wildman–Crippen LogP) is 3.68. The van der Waals surface area contributed by atoms with E-state index in [9.17, 15) is 22.4 Å². The number of hydrogen-bond acceptors (Lipinski definition) is 6. The van der Waals surface area contributed by atoms with Crippen LogP contribution in [-0.4, -0.2) is 63.1 Å². The van der Waals surface area contributed by atoms with Gasteiger partial charge in [-0.1, -0.05) is 36.4 Å². The second-order valence-corrected chi connectivity index (χ2v) is 12.7. The van der Waals surface area contributed by atoms with Gasteiger partial charge in [-0.05, 0) is 67.1 Å². The number of benzene rings is 3. The topological polar surface area (TPSA) is 114 Å². The molecule has 3 aromatic rings. The van der Waals surface area contributed by atoms with Crippen LogP contribution in [0.15, 0.2) is 71.6 Å². The van der Waals surface area contributed by atoms with E-state index in [0.29, 0.717) is 12.8 Å². The van der Waals surface area contributed by atoms with Gasteiger partial charge in [0, 0.05) is 18.8 Å². The first-order chi connectivity index (χ1) is 20.2. The monoisotopic (exact) mass is 593 g/mol. The number of nitrogens with one attached hydrogen (secondary N) is 2. The van der Waals surface area contributed by atoms with Crippen molar-refractivity contribution in [1.82, 2.24) is 10.2 Å². The van der Waals surface area contributed by atoms with Gasteiger partial charge in [0.25, 0.3) is 15.9 Å². The van der Waals surface area contributed by atoms with Crippen LogP contribution in [0.2, 0.25) is 0 Å². The molecule has 3 aliphatic rings. The van der Waals surface area contributed by atoms with Gasteiger partial charge in [0.15, 0.2) is 0 Å². The van der Waals surface area contributed by atoms with E-state index in [4.69, 9.17) is 9.47 Å². The molecule has 6 rings (SSSR count). The molecule has 42 heavy (non-hydrogen) atoms. The summed E-state index contributed by atoms with van der Waals surface area (Å²) in [4.78, 5) is 27.5. The number of ether oxygens (including phenoxy) is 2. The maximum atomic E-state index is 14.1. The van der Waals surface area contributed by atoms with Crippen molar-refractivity contribution < 1.29 is 31.9 Å². The van der Waals surface area contributed by atoms with Crippen molar-refractivity contribution in [3.05, 3.63) is 89.2 Å². The Morgan fingerprint density at radius 1 is 1.02 bits per heavy atom. The number of hydrogen-bond donors (Lipinski definition) is 2. The first kappa shape index (κ1) is 28.2. The molecule has 2 heterocycles. The average molecular weight is 594 g/mol. The average Bonchev–Trinajstić information content (AvgIpc) is 3.37. The van der Waals surface area contributed by atoms with Crippen LogP contribution in [0.1, 0.15) is 40.7 Å². The van der Waals surface area contributed by atoms with Crippen LogP contribution >= 0.6 is 0 Å². The zero-order valence-electron chi connectivity index (χ0n) is 23.1. The third-order valence-electron chi connectivity index (χ3n) is 8.22. The fourth-order valence-electron chi connectivity index (χ4n) is 6.12. The molecule has 11 heteroatoms. The highest BCUT2D eigenvalue weighted by molar-refractivity contribution is 7.92. The normalized spacial score (nSPS) is 22.2. The molecule has 1 fully saturated rings. The molecule has 0 radical (unpaired) electrons. The smallest absolute Gasteiger partial charge is 0.264 e. The highest BCUT2D eigenvalue weighted by atomic mass is 32.2. The quantitative estimate of drug-likeness (QED) is 0.451. The molecule has 0 bridgehead atoms. The summed E-state index contributed by atoms with van der Waals surface area (Å²) in [6, 6.07) is 17.4. The van der Waals surface area contributed by atoms with E-state index in [-0.39, 0.29) is 60.0 Å². The number of fused-ring (bicyclic) bond motifs is 3. The van der Waals surface area contributed by atoms with Gasteiger partial charge in [-0.25, -0.2) is 12.8 Å². The van der Waals surface area contributed by atoms with E-state index in [2.05, 4.69) is 22.2 Å². The van der Waals surface area contributed by atoms with Gasteiger partial charge in [0.2, 0.25) is 5.91 Å². The third-order valence-corrected chi connectivity index (χ3v) is 9.63. The molecule has 0 aromatic heterocycles. The minimum absolute atomic E-state index is 0.0526. The number of carbonyl (C=O) groups excluding carboxylic acids is 2. The van der Waals surface area contributed by atoms with Crippen LogP contribution in [0.4, 0.5) is 10.1 Å². The fraction of sp³-hybridized carbons (Fsp3) is 0.355. The van der Waals surface area contributed by atoms with Crippen LogP contribution in [0, 0.1) is 5.82 Å². The van der Waals surface area contributed by atoms with Crippen molar-refractivity contribution in [2.75, 3.05) is 18.4 Å². The van der Waals surface area contributed by atoms with E-state index in [0.717, 1.165) is 18.9 Å². The summed E-state index contributed by atoms with van der Waals surface area (Å²) in [6.45, 7) is 0.158. The molecule has 2 aliphatic heterocycles. The van der Waals surface area contributed by atoms with Crippen molar-refractivity contribution in [1.29, 1.82) is 0 Å². The molecule has 0 unspecified atom stereocenters. The summed E-state index contributed by atoms with van der Waals surface area (Å²) in [5, 5.41) is 3.15. The van der Waals surface area contributed by atoms with E-state index in [1.165, 1.54) is 47.5 Å². The SMILES string of the molecule is CN1C(=O)c2cc(NS(=O)(=O)c3ccccc3F)ccc2OC[C@@H]2O[C@@H](CC(=O)NC3Cc4ccccc4C3)CC[C@@H]21. The zero-order valence-corrected chi connectivity index (χ0v) is 23.9. The van der Waals surface area contributed by atoms with Crippen LogP contribution in [0.5, 0.6) is 5.75 Å². The highest BCUT2D eigenvalue weighted by Crippen LogP contribution is 2.33. The minimum atomic E-state index is -4.22. The summed E-state index contributed by atoms with van der Waals surface area (Å²) in [5.74, 6) is -1.00. The van der Waals surface area contributed by atoms with Crippen molar-refractivity contribution in [2.24, 2.45) is 0 Å². The van der Waals surface area contributed by atoms with E-state index in [1.807, 2.05) is 12.1 Å². The molecular formula is C31H32FN3O6S. The summed E-state index contributed by atoms with van der Waals surface area (Å²) >= 11 is 0. The first-order valence-electron chi connectivity index (χ1n) is 14.0. The van der Waals surface area contributed by atoms with E-state index >= 15 is 0 Å². The number of likely N-dealkylation sites (N-methyl/N-ethyl adjacent to an activating group) is 1. The van der Waals surface area contributed by atoms with Gasteiger partial charge in [-0.15, -0.1) is 0 Å². The molecule has 2 N–H and O–H groups in total. The predicted molar refractivity (Wildman–Crippen MR) is 153 cm³/mol. The molecule has 1 saturated heterocycles. The molecule has 9 nitrogen and oxygen atoms in total. The molecule has 220 valence electrons. The second kappa shape index (κ2) is 11.4. The molecule has 2 amide bonds. The fourth-order valence-corrected chi connectivity index (χ4v) is 7.25. The van der Waals surface area contributed by atoms with Crippen LogP contribution in [-0.2, 0) is 32.4 Å².